The first-order valence-corrected chi connectivity index (χ1v) is 8.34. The minimum absolute atomic E-state index is 0.00584. The van der Waals surface area contributed by atoms with Crippen molar-refractivity contribution in [3.05, 3.63) is 54.6 Å². The average Bonchev–Trinajstić information content (AvgIpc) is 2.93. The highest BCUT2D eigenvalue weighted by molar-refractivity contribution is 8.00. The molecule has 2 aromatic rings. The molecule has 6 heteroatoms. The van der Waals surface area contributed by atoms with Crippen molar-refractivity contribution in [3.8, 4) is 11.5 Å². The summed E-state index contributed by atoms with van der Waals surface area (Å²) >= 11 is 1.52. The summed E-state index contributed by atoms with van der Waals surface area (Å²) in [4.78, 5) is 25.1. The topological polar surface area (TPSA) is 58.6 Å². The Bertz CT molecular complexity index is 706. The van der Waals surface area contributed by atoms with E-state index in [0.717, 1.165) is 5.75 Å². The zero-order chi connectivity index (χ0) is 16.1. The second-order valence-corrected chi connectivity index (χ2v) is 6.02. The Labute approximate surface area is 138 Å². The smallest absolute Gasteiger partial charge is 0.244 e. The minimum atomic E-state index is -0.210. The lowest BCUT2D eigenvalue weighted by Gasteiger charge is -2.14. The number of thioether (sulfide) groups is 1. The summed E-state index contributed by atoms with van der Waals surface area (Å²) in [6, 6.07) is 16.6. The van der Waals surface area contributed by atoms with Gasteiger partial charge in [-0.15, -0.1) is 11.8 Å². The Balaban J connectivity index is 1.61. The van der Waals surface area contributed by atoms with Crippen LogP contribution in [0.3, 0.4) is 0 Å². The van der Waals surface area contributed by atoms with E-state index in [1.807, 2.05) is 42.5 Å². The highest BCUT2D eigenvalue weighted by atomic mass is 32.2. The number of anilines is 1. The van der Waals surface area contributed by atoms with Gasteiger partial charge in [-0.1, -0.05) is 24.3 Å². The summed E-state index contributed by atoms with van der Waals surface area (Å²) in [7, 11) is 0. The molecule has 1 aliphatic rings. The van der Waals surface area contributed by atoms with Gasteiger partial charge in [0.2, 0.25) is 11.8 Å². The number of ether oxygens (including phenoxy) is 1. The number of carbonyl (C=O) groups is 2. The lowest BCUT2D eigenvalue weighted by atomic mass is 10.3. The van der Waals surface area contributed by atoms with Gasteiger partial charge >= 0.3 is 0 Å². The third kappa shape index (κ3) is 4.26. The van der Waals surface area contributed by atoms with Gasteiger partial charge in [0.1, 0.15) is 18.0 Å². The molecule has 1 N–H and O–H groups in total. The Morgan fingerprint density at radius 1 is 1.13 bits per heavy atom. The maximum atomic E-state index is 12.0. The molecule has 118 valence electrons. The van der Waals surface area contributed by atoms with Gasteiger partial charge in [-0.2, -0.15) is 0 Å². The minimum Gasteiger partial charge on any atom is -0.457 e. The molecule has 0 aliphatic carbocycles. The van der Waals surface area contributed by atoms with Crippen molar-refractivity contribution in [2.24, 2.45) is 0 Å². The molecular weight excluding hydrogens is 312 g/mol. The molecule has 0 atom stereocenters. The molecule has 1 fully saturated rings. The van der Waals surface area contributed by atoms with Crippen molar-refractivity contribution in [1.82, 2.24) is 4.90 Å². The molecule has 0 radical (unpaired) electrons. The van der Waals surface area contributed by atoms with E-state index in [1.165, 1.54) is 11.8 Å². The SMILES string of the molecule is O=C(CN1CSCC1=O)Nc1cccc(Oc2ccccc2)c1. The number of hydrogen-bond donors (Lipinski definition) is 1. The van der Waals surface area contributed by atoms with Crippen LogP contribution in [-0.2, 0) is 9.59 Å². The molecule has 3 rings (SSSR count). The number of nitrogens with one attached hydrogen (secondary N) is 1. The van der Waals surface area contributed by atoms with Crippen molar-refractivity contribution in [1.29, 1.82) is 0 Å². The predicted molar refractivity (Wildman–Crippen MR) is 90.6 cm³/mol. The predicted octanol–water partition coefficient (Wildman–Crippen LogP) is 2.95. The summed E-state index contributed by atoms with van der Waals surface area (Å²) in [5.74, 6) is 2.19. The largest absolute Gasteiger partial charge is 0.457 e. The van der Waals surface area contributed by atoms with Crippen LogP contribution in [0.5, 0.6) is 11.5 Å². The molecule has 1 saturated heterocycles. The van der Waals surface area contributed by atoms with Crippen molar-refractivity contribution < 1.29 is 14.3 Å². The van der Waals surface area contributed by atoms with Gasteiger partial charge in [0.25, 0.3) is 0 Å². The molecule has 5 nitrogen and oxygen atoms in total. The lowest BCUT2D eigenvalue weighted by Crippen LogP contribution is -2.34. The monoisotopic (exact) mass is 328 g/mol. The number of hydrogen-bond acceptors (Lipinski definition) is 4. The van der Waals surface area contributed by atoms with Crippen LogP contribution in [-0.4, -0.2) is 34.9 Å². The molecule has 0 unspecified atom stereocenters. The Morgan fingerprint density at radius 2 is 1.91 bits per heavy atom. The van der Waals surface area contributed by atoms with Crippen molar-refractivity contribution in [3.63, 3.8) is 0 Å². The van der Waals surface area contributed by atoms with E-state index in [1.54, 1.807) is 17.0 Å². The van der Waals surface area contributed by atoms with Gasteiger partial charge < -0.3 is 15.0 Å². The fourth-order valence-electron chi connectivity index (χ4n) is 2.18. The standard InChI is InChI=1S/C17H16N2O3S/c20-16(10-19-12-23-11-17(19)21)18-13-5-4-8-15(9-13)22-14-6-2-1-3-7-14/h1-9H,10-12H2,(H,18,20). The van der Waals surface area contributed by atoms with Crippen molar-refractivity contribution in [2.45, 2.75) is 0 Å². The first-order valence-electron chi connectivity index (χ1n) is 7.19. The van der Waals surface area contributed by atoms with E-state index in [4.69, 9.17) is 4.74 Å². The molecule has 1 aliphatic heterocycles. The Hall–Kier alpha value is -2.47. The van der Waals surface area contributed by atoms with Crippen LogP contribution in [0.4, 0.5) is 5.69 Å². The van der Waals surface area contributed by atoms with Crippen LogP contribution in [0.15, 0.2) is 54.6 Å². The Morgan fingerprint density at radius 3 is 2.65 bits per heavy atom. The zero-order valence-corrected chi connectivity index (χ0v) is 13.2. The number of para-hydroxylation sites is 1. The molecule has 2 amide bonds. The van der Waals surface area contributed by atoms with Gasteiger partial charge in [-0.25, -0.2) is 0 Å². The zero-order valence-electron chi connectivity index (χ0n) is 12.4. The molecule has 23 heavy (non-hydrogen) atoms. The van der Waals surface area contributed by atoms with Gasteiger partial charge in [0.15, 0.2) is 0 Å². The summed E-state index contributed by atoms with van der Waals surface area (Å²) in [6.45, 7) is 0.0790. The third-order valence-corrected chi connectivity index (χ3v) is 4.20. The van der Waals surface area contributed by atoms with E-state index in [2.05, 4.69) is 5.32 Å². The number of nitrogens with zero attached hydrogens (tertiary/aromatic N) is 1. The summed E-state index contributed by atoms with van der Waals surface area (Å²) in [6.07, 6.45) is 0. The fraction of sp³-hybridized carbons (Fsp3) is 0.176. The van der Waals surface area contributed by atoms with Gasteiger partial charge in [-0.05, 0) is 24.3 Å². The summed E-state index contributed by atoms with van der Waals surface area (Å²) < 4.78 is 5.73. The van der Waals surface area contributed by atoms with Crippen LogP contribution in [0.25, 0.3) is 0 Å². The second kappa shape index (κ2) is 7.19. The van der Waals surface area contributed by atoms with E-state index in [9.17, 15) is 9.59 Å². The molecule has 2 aromatic carbocycles. The van der Waals surface area contributed by atoms with E-state index in [-0.39, 0.29) is 18.4 Å². The maximum Gasteiger partial charge on any atom is 0.244 e. The maximum absolute atomic E-state index is 12.0. The number of rotatable bonds is 5. The van der Waals surface area contributed by atoms with E-state index in [0.29, 0.717) is 23.1 Å². The number of amides is 2. The van der Waals surface area contributed by atoms with Gasteiger partial charge in [-0.3, -0.25) is 9.59 Å². The molecular formula is C17H16N2O3S. The highest BCUT2D eigenvalue weighted by Gasteiger charge is 2.22. The highest BCUT2D eigenvalue weighted by Crippen LogP contribution is 2.24. The van der Waals surface area contributed by atoms with Crippen LogP contribution in [0.1, 0.15) is 0 Å². The van der Waals surface area contributed by atoms with E-state index >= 15 is 0 Å². The molecule has 0 bridgehead atoms. The van der Waals surface area contributed by atoms with Crippen molar-refractivity contribution >= 4 is 29.3 Å². The molecule has 0 aromatic heterocycles. The van der Waals surface area contributed by atoms with Crippen LogP contribution in [0, 0.1) is 0 Å². The van der Waals surface area contributed by atoms with Crippen molar-refractivity contribution in [2.75, 3.05) is 23.5 Å². The van der Waals surface area contributed by atoms with Gasteiger partial charge in [0.05, 0.1) is 11.6 Å². The normalized spacial score (nSPS) is 13.9. The first-order chi connectivity index (χ1) is 11.2. The molecule has 0 saturated carbocycles. The molecule has 1 heterocycles. The molecule has 0 spiro atoms. The van der Waals surface area contributed by atoms with Gasteiger partial charge in [0, 0.05) is 11.8 Å². The van der Waals surface area contributed by atoms with Crippen LogP contribution in [0.2, 0.25) is 0 Å². The second-order valence-electron chi connectivity index (χ2n) is 5.06. The van der Waals surface area contributed by atoms with Crippen LogP contribution >= 0.6 is 11.8 Å². The number of benzene rings is 2. The Kier molecular flexibility index (Phi) is 4.83. The fourth-order valence-corrected chi connectivity index (χ4v) is 3.08. The summed E-state index contributed by atoms with van der Waals surface area (Å²) in [5, 5.41) is 2.79. The van der Waals surface area contributed by atoms with Crippen LogP contribution < -0.4 is 10.1 Å². The number of carbonyl (C=O) groups excluding carboxylic acids is 2. The first kappa shape index (κ1) is 15.4. The quantitative estimate of drug-likeness (QED) is 0.917. The third-order valence-electron chi connectivity index (χ3n) is 3.26. The lowest BCUT2D eigenvalue weighted by molar-refractivity contribution is -0.130. The van der Waals surface area contributed by atoms with E-state index < -0.39 is 0 Å². The summed E-state index contributed by atoms with van der Waals surface area (Å²) in [5.41, 5.74) is 0.641. The average molecular weight is 328 g/mol.